The molecule has 0 aromatic heterocycles. The van der Waals surface area contributed by atoms with Gasteiger partial charge in [-0.05, 0) is 49.1 Å². The Balaban J connectivity index is 1.61. The van der Waals surface area contributed by atoms with Crippen LogP contribution in [-0.2, 0) is 10.0 Å². The van der Waals surface area contributed by atoms with E-state index in [9.17, 15) is 23.3 Å². The van der Waals surface area contributed by atoms with Gasteiger partial charge in [-0.3, -0.25) is 10.1 Å². The highest BCUT2D eigenvalue weighted by atomic mass is 32.2. The van der Waals surface area contributed by atoms with E-state index >= 15 is 0 Å². The number of non-ortho nitro benzene ring substituents is 1. The van der Waals surface area contributed by atoms with Crippen LogP contribution in [0.5, 0.6) is 11.5 Å². The first-order chi connectivity index (χ1) is 17.2. The number of urea groups is 1. The van der Waals surface area contributed by atoms with Crippen LogP contribution in [0, 0.1) is 17.0 Å². The van der Waals surface area contributed by atoms with Gasteiger partial charge in [0.05, 0.1) is 4.92 Å². The van der Waals surface area contributed by atoms with Gasteiger partial charge in [0.25, 0.3) is 15.7 Å². The number of carbonyl (C=O) groups excluding carboxylic acids is 1. The quantitative estimate of drug-likeness (QED) is 0.311. The molecular weight excluding hydrogens is 482 g/mol. The van der Waals surface area contributed by atoms with Crippen molar-refractivity contribution in [1.29, 1.82) is 0 Å². The topological polar surface area (TPSA) is 128 Å². The summed E-state index contributed by atoms with van der Waals surface area (Å²) < 4.78 is 34.1. The van der Waals surface area contributed by atoms with Crippen LogP contribution < -0.4 is 14.8 Å². The van der Waals surface area contributed by atoms with Crippen LogP contribution in [0.2, 0.25) is 0 Å². The minimum Gasteiger partial charge on any atom is -0.456 e. The maximum Gasteiger partial charge on any atom is 0.328 e. The number of nitro groups is 1. The number of carbonyl (C=O) groups is 1. The zero-order chi connectivity index (χ0) is 25.7. The van der Waals surface area contributed by atoms with Gasteiger partial charge in [0.2, 0.25) is 0 Å². The van der Waals surface area contributed by atoms with Crippen molar-refractivity contribution in [2.24, 2.45) is 0 Å². The number of sulfonamides is 1. The zero-order valence-electron chi connectivity index (χ0n) is 19.8. The Hall–Kier alpha value is -3.92. The maximum atomic E-state index is 13.1. The Morgan fingerprint density at radius 3 is 2.39 bits per heavy atom. The van der Waals surface area contributed by atoms with Crippen LogP contribution >= 0.6 is 0 Å². The fourth-order valence-electron chi connectivity index (χ4n) is 4.16. The van der Waals surface area contributed by atoms with Crippen molar-refractivity contribution in [3.8, 4) is 22.6 Å². The molecule has 2 amide bonds. The molecule has 3 aromatic rings. The first-order valence-corrected chi connectivity index (χ1v) is 13.2. The monoisotopic (exact) mass is 509 g/mol. The van der Waals surface area contributed by atoms with Gasteiger partial charge in [-0.2, -0.15) is 0 Å². The van der Waals surface area contributed by atoms with E-state index in [2.05, 4.69) is 5.32 Å². The minimum atomic E-state index is -4.48. The average Bonchev–Trinajstić information content (AvgIpc) is 2.85. The summed E-state index contributed by atoms with van der Waals surface area (Å²) >= 11 is 0. The molecule has 9 nitrogen and oxygen atoms in total. The Labute approximate surface area is 209 Å². The summed E-state index contributed by atoms with van der Waals surface area (Å²) in [6.07, 6.45) is 4.55. The lowest BCUT2D eigenvalue weighted by molar-refractivity contribution is -0.385. The van der Waals surface area contributed by atoms with E-state index in [0.717, 1.165) is 60.9 Å². The molecule has 0 saturated heterocycles. The molecule has 0 aliphatic heterocycles. The van der Waals surface area contributed by atoms with Crippen molar-refractivity contribution < 1.29 is 22.9 Å². The van der Waals surface area contributed by atoms with E-state index in [1.54, 1.807) is 18.2 Å². The number of amides is 2. The Bertz CT molecular complexity index is 1370. The van der Waals surface area contributed by atoms with E-state index < -0.39 is 31.6 Å². The second kappa shape index (κ2) is 10.8. The third-order valence-electron chi connectivity index (χ3n) is 6.04. The van der Waals surface area contributed by atoms with E-state index in [1.807, 2.05) is 42.0 Å². The summed E-state index contributed by atoms with van der Waals surface area (Å²) in [4.78, 5) is 22.6. The average molecular weight is 510 g/mol. The number of rotatable bonds is 7. The number of nitrogens with one attached hydrogen (secondary N) is 2. The molecule has 3 aromatic carbocycles. The third-order valence-corrected chi connectivity index (χ3v) is 7.39. The van der Waals surface area contributed by atoms with E-state index in [1.165, 1.54) is 6.07 Å². The second-order valence-electron chi connectivity index (χ2n) is 8.80. The first kappa shape index (κ1) is 25.2. The number of nitro benzene ring substituents is 1. The van der Waals surface area contributed by atoms with Gasteiger partial charge in [0, 0.05) is 18.2 Å². The molecule has 10 heteroatoms. The maximum absolute atomic E-state index is 13.1. The summed E-state index contributed by atoms with van der Waals surface area (Å²) in [5.41, 5.74) is 2.48. The van der Waals surface area contributed by atoms with E-state index in [4.69, 9.17) is 4.74 Å². The molecule has 188 valence electrons. The van der Waals surface area contributed by atoms with Crippen LogP contribution in [0.4, 0.5) is 10.5 Å². The van der Waals surface area contributed by atoms with Crippen LogP contribution in [0.1, 0.15) is 37.7 Å². The zero-order valence-corrected chi connectivity index (χ0v) is 20.6. The van der Waals surface area contributed by atoms with Gasteiger partial charge >= 0.3 is 6.03 Å². The molecule has 0 spiro atoms. The lowest BCUT2D eigenvalue weighted by atomic mass is 9.96. The number of nitrogens with zero attached hydrogens (tertiary/aromatic N) is 1. The molecule has 1 fully saturated rings. The van der Waals surface area contributed by atoms with Crippen LogP contribution in [-0.4, -0.2) is 25.4 Å². The molecule has 1 aliphatic rings. The van der Waals surface area contributed by atoms with Crippen molar-refractivity contribution in [2.45, 2.75) is 50.0 Å². The molecule has 2 N–H and O–H groups in total. The molecular formula is C26H27N3O6S. The van der Waals surface area contributed by atoms with Gasteiger partial charge < -0.3 is 10.1 Å². The van der Waals surface area contributed by atoms with Crippen molar-refractivity contribution in [1.82, 2.24) is 10.0 Å². The van der Waals surface area contributed by atoms with Crippen LogP contribution in [0.15, 0.2) is 71.6 Å². The molecule has 0 bridgehead atoms. The normalized spacial score (nSPS) is 14.1. The van der Waals surface area contributed by atoms with Crippen molar-refractivity contribution in [2.75, 3.05) is 0 Å². The Kier molecular flexibility index (Phi) is 7.54. The number of benzene rings is 3. The molecule has 0 atom stereocenters. The lowest BCUT2D eigenvalue weighted by Gasteiger charge is -2.22. The van der Waals surface area contributed by atoms with Crippen molar-refractivity contribution >= 4 is 21.7 Å². The van der Waals surface area contributed by atoms with Gasteiger partial charge in [-0.1, -0.05) is 61.2 Å². The highest BCUT2D eigenvalue weighted by molar-refractivity contribution is 7.90. The summed E-state index contributed by atoms with van der Waals surface area (Å²) in [7, 11) is -4.48. The van der Waals surface area contributed by atoms with E-state index in [-0.39, 0.29) is 11.8 Å². The molecule has 4 rings (SSSR count). The molecule has 1 aliphatic carbocycles. The molecule has 1 saturated carbocycles. The number of hydrogen-bond acceptors (Lipinski definition) is 6. The first-order valence-electron chi connectivity index (χ1n) is 11.7. The predicted molar refractivity (Wildman–Crippen MR) is 136 cm³/mol. The van der Waals surface area contributed by atoms with Gasteiger partial charge in [-0.15, -0.1) is 0 Å². The summed E-state index contributed by atoms with van der Waals surface area (Å²) in [5, 5.41) is 14.0. The van der Waals surface area contributed by atoms with Gasteiger partial charge in [0.15, 0.2) is 0 Å². The van der Waals surface area contributed by atoms with Crippen LogP contribution in [0.3, 0.4) is 0 Å². The molecule has 0 unspecified atom stereocenters. The highest BCUT2D eigenvalue weighted by Crippen LogP contribution is 2.34. The largest absolute Gasteiger partial charge is 0.456 e. The molecule has 0 heterocycles. The fourth-order valence-corrected chi connectivity index (χ4v) is 5.22. The molecule has 36 heavy (non-hydrogen) atoms. The summed E-state index contributed by atoms with van der Waals surface area (Å²) in [6.45, 7) is 1.99. The predicted octanol–water partition coefficient (Wildman–Crippen LogP) is 5.68. The smallest absolute Gasteiger partial charge is 0.328 e. The Morgan fingerprint density at radius 1 is 0.972 bits per heavy atom. The SMILES string of the molecule is Cc1ccc(-c2cccc(Oc3ccc([N+](=O)[O-])cc3S(=O)(=O)NC(=O)NC3CCCCC3)c2)cc1. The summed E-state index contributed by atoms with van der Waals surface area (Å²) in [6, 6.07) is 17.2. The minimum absolute atomic E-state index is 0.112. The van der Waals surface area contributed by atoms with Crippen molar-refractivity contribution in [3.05, 3.63) is 82.4 Å². The number of aryl methyl sites for hydroxylation is 1. The van der Waals surface area contributed by atoms with Crippen LogP contribution in [0.25, 0.3) is 11.1 Å². The number of hydrogen-bond donors (Lipinski definition) is 2. The standard InChI is InChI=1S/C26H27N3O6S/c1-18-10-12-19(13-11-18)20-6-5-9-23(16-20)35-24-15-14-22(29(31)32)17-25(24)36(33,34)28-26(30)27-21-7-3-2-4-8-21/h5-6,9-17,21H,2-4,7-8H2,1H3,(H2,27,28,30). The molecule has 0 radical (unpaired) electrons. The van der Waals surface area contributed by atoms with Gasteiger partial charge in [0.1, 0.15) is 16.4 Å². The Morgan fingerprint density at radius 2 is 1.69 bits per heavy atom. The van der Waals surface area contributed by atoms with Crippen molar-refractivity contribution in [3.63, 3.8) is 0 Å². The second-order valence-corrected chi connectivity index (χ2v) is 10.4. The lowest BCUT2D eigenvalue weighted by Crippen LogP contribution is -2.45. The van der Waals surface area contributed by atoms with E-state index in [0.29, 0.717) is 5.75 Å². The number of ether oxygens (including phenoxy) is 1. The summed E-state index contributed by atoms with van der Waals surface area (Å²) in [5.74, 6) is 0.199. The highest BCUT2D eigenvalue weighted by Gasteiger charge is 2.27. The van der Waals surface area contributed by atoms with Gasteiger partial charge in [-0.25, -0.2) is 17.9 Å². The third kappa shape index (κ3) is 6.19. The fraction of sp³-hybridized carbons (Fsp3) is 0.269.